The van der Waals surface area contributed by atoms with Crippen LogP contribution >= 0.6 is 11.8 Å². The molecule has 2 rings (SSSR count). The van der Waals surface area contributed by atoms with Crippen molar-refractivity contribution in [2.75, 3.05) is 30.0 Å². The van der Waals surface area contributed by atoms with Crippen molar-refractivity contribution in [3.8, 4) is 0 Å². The highest BCUT2D eigenvalue weighted by Crippen LogP contribution is 2.20. The van der Waals surface area contributed by atoms with E-state index in [1.807, 2.05) is 0 Å². The van der Waals surface area contributed by atoms with Crippen LogP contribution in [0.4, 0.5) is 11.4 Å². The van der Waals surface area contributed by atoms with Crippen molar-refractivity contribution in [2.45, 2.75) is 6.04 Å². The summed E-state index contributed by atoms with van der Waals surface area (Å²) in [5.74, 6) is 1.77. The molecule has 1 fully saturated rings. The average Bonchev–Trinajstić information content (AvgIpc) is 2.46. The summed E-state index contributed by atoms with van der Waals surface area (Å²) in [5, 5.41) is 13.8. The van der Waals surface area contributed by atoms with Gasteiger partial charge in [-0.05, 0) is 12.1 Å². The molecule has 1 aliphatic heterocycles. The van der Waals surface area contributed by atoms with Crippen molar-refractivity contribution in [1.29, 1.82) is 0 Å². The number of amides is 1. The van der Waals surface area contributed by atoms with E-state index in [-0.39, 0.29) is 17.6 Å². The number of carbonyl (C=O) groups excluding carboxylic acids is 1. The summed E-state index contributed by atoms with van der Waals surface area (Å²) in [5.41, 5.74) is 0.684. The van der Waals surface area contributed by atoms with E-state index in [9.17, 15) is 14.9 Å². The highest BCUT2D eigenvalue weighted by Gasteiger charge is 2.24. The lowest BCUT2D eigenvalue weighted by molar-refractivity contribution is -0.384. The minimum atomic E-state index is -0.453. The molecule has 0 spiro atoms. The number of thioether (sulfide) groups is 1. The second kappa shape index (κ2) is 6.03. The summed E-state index contributed by atoms with van der Waals surface area (Å²) < 4.78 is 0. The number of non-ortho nitro benzene ring substituents is 1. The van der Waals surface area contributed by atoms with E-state index in [0.717, 1.165) is 18.1 Å². The van der Waals surface area contributed by atoms with Crippen LogP contribution in [0.5, 0.6) is 0 Å². The number of nitrogens with zero attached hydrogens (tertiary/aromatic N) is 2. The zero-order valence-electron chi connectivity index (χ0n) is 10.5. The van der Waals surface area contributed by atoms with E-state index in [4.69, 9.17) is 0 Å². The van der Waals surface area contributed by atoms with Crippen LogP contribution in [0.15, 0.2) is 24.3 Å². The fourth-order valence-electron chi connectivity index (χ4n) is 1.88. The number of likely N-dealkylation sites (N-methyl/N-ethyl adjacent to an activating group) is 1. The molecule has 1 atom stereocenters. The van der Waals surface area contributed by atoms with E-state index in [1.54, 1.807) is 30.9 Å². The Morgan fingerprint density at radius 3 is 2.68 bits per heavy atom. The molecule has 1 aromatic carbocycles. The van der Waals surface area contributed by atoms with Crippen LogP contribution in [-0.2, 0) is 4.79 Å². The molecule has 1 unspecified atom stereocenters. The van der Waals surface area contributed by atoms with E-state index >= 15 is 0 Å². The van der Waals surface area contributed by atoms with Gasteiger partial charge in [0.2, 0.25) is 5.91 Å². The monoisotopic (exact) mass is 281 g/mol. The van der Waals surface area contributed by atoms with E-state index in [0.29, 0.717) is 5.69 Å². The molecule has 1 aromatic rings. The molecular formula is C12H15N3O3S. The topological polar surface area (TPSA) is 75.5 Å². The van der Waals surface area contributed by atoms with Gasteiger partial charge < -0.3 is 10.2 Å². The van der Waals surface area contributed by atoms with Crippen molar-refractivity contribution in [1.82, 2.24) is 5.32 Å². The quantitative estimate of drug-likeness (QED) is 0.667. The third-order valence-corrected chi connectivity index (χ3v) is 4.06. The number of hydrogen-bond acceptors (Lipinski definition) is 5. The largest absolute Gasteiger partial charge is 0.314 e. The normalized spacial score (nSPS) is 18.9. The fraction of sp³-hybridized carbons (Fsp3) is 0.417. The van der Waals surface area contributed by atoms with E-state index < -0.39 is 4.92 Å². The molecule has 0 bridgehead atoms. The van der Waals surface area contributed by atoms with Crippen LogP contribution in [0, 0.1) is 10.1 Å². The Bertz CT molecular complexity index is 472. The maximum absolute atomic E-state index is 12.2. The lowest BCUT2D eigenvalue weighted by Crippen LogP contribution is -2.49. The van der Waals surface area contributed by atoms with Gasteiger partial charge in [-0.3, -0.25) is 14.9 Å². The Balaban J connectivity index is 2.07. The first-order valence-corrected chi connectivity index (χ1v) is 7.08. The summed E-state index contributed by atoms with van der Waals surface area (Å²) in [6, 6.07) is 5.81. The highest BCUT2D eigenvalue weighted by molar-refractivity contribution is 7.99. The van der Waals surface area contributed by atoms with Gasteiger partial charge in [0.15, 0.2) is 0 Å². The summed E-state index contributed by atoms with van der Waals surface area (Å²) in [6.45, 7) is 0.829. The molecule has 1 amide bonds. The molecule has 1 N–H and O–H groups in total. The third kappa shape index (κ3) is 3.24. The van der Waals surface area contributed by atoms with Gasteiger partial charge in [-0.1, -0.05) is 0 Å². The highest BCUT2D eigenvalue weighted by atomic mass is 32.2. The Morgan fingerprint density at radius 1 is 1.47 bits per heavy atom. The molecule has 0 radical (unpaired) electrons. The molecule has 1 aliphatic rings. The van der Waals surface area contributed by atoms with Crippen molar-refractivity contribution in [2.24, 2.45) is 0 Å². The van der Waals surface area contributed by atoms with Crippen LogP contribution in [-0.4, -0.2) is 42.0 Å². The van der Waals surface area contributed by atoms with Crippen LogP contribution in [0.3, 0.4) is 0 Å². The number of hydrogen-bond donors (Lipinski definition) is 1. The molecule has 0 aromatic heterocycles. The number of anilines is 1. The lowest BCUT2D eigenvalue weighted by Gasteiger charge is -2.27. The number of nitrogens with one attached hydrogen (secondary N) is 1. The van der Waals surface area contributed by atoms with E-state index in [1.165, 1.54) is 17.0 Å². The summed E-state index contributed by atoms with van der Waals surface area (Å²) >= 11 is 1.75. The fourth-order valence-corrected chi connectivity index (χ4v) is 2.81. The van der Waals surface area contributed by atoms with Crippen LogP contribution in [0.1, 0.15) is 0 Å². The number of nitro groups is 1. The molecule has 7 heteroatoms. The maximum Gasteiger partial charge on any atom is 0.269 e. The Kier molecular flexibility index (Phi) is 4.39. The van der Waals surface area contributed by atoms with Gasteiger partial charge in [0.1, 0.15) is 0 Å². The predicted molar refractivity (Wildman–Crippen MR) is 75.6 cm³/mol. The Morgan fingerprint density at radius 2 is 2.16 bits per heavy atom. The summed E-state index contributed by atoms with van der Waals surface area (Å²) in [4.78, 5) is 23.9. The van der Waals surface area contributed by atoms with Gasteiger partial charge in [0, 0.05) is 42.9 Å². The second-order valence-corrected chi connectivity index (χ2v) is 5.40. The molecule has 102 valence electrons. The molecule has 1 heterocycles. The average molecular weight is 281 g/mol. The van der Waals surface area contributed by atoms with Gasteiger partial charge in [-0.25, -0.2) is 0 Å². The molecule has 0 saturated carbocycles. The van der Waals surface area contributed by atoms with Crippen LogP contribution in [0.25, 0.3) is 0 Å². The van der Waals surface area contributed by atoms with E-state index in [2.05, 4.69) is 5.32 Å². The number of rotatable bonds is 3. The number of carbonyl (C=O) groups is 1. The van der Waals surface area contributed by atoms with Crippen molar-refractivity contribution in [3.63, 3.8) is 0 Å². The first-order chi connectivity index (χ1) is 9.09. The molecule has 6 nitrogen and oxygen atoms in total. The van der Waals surface area contributed by atoms with Gasteiger partial charge in [-0.2, -0.15) is 11.8 Å². The molecule has 19 heavy (non-hydrogen) atoms. The molecule has 1 saturated heterocycles. The second-order valence-electron chi connectivity index (χ2n) is 4.25. The minimum Gasteiger partial charge on any atom is -0.314 e. The van der Waals surface area contributed by atoms with Crippen LogP contribution < -0.4 is 10.2 Å². The zero-order valence-corrected chi connectivity index (χ0v) is 11.4. The summed E-state index contributed by atoms with van der Waals surface area (Å²) in [7, 11) is 1.68. The standard InChI is InChI=1S/C12H15N3O3S/c1-14(12(16)11-8-19-7-6-13-11)9-2-4-10(5-3-9)15(17)18/h2-5,11,13H,6-8H2,1H3. The van der Waals surface area contributed by atoms with Crippen LogP contribution in [0.2, 0.25) is 0 Å². The summed E-state index contributed by atoms with van der Waals surface area (Å²) in [6.07, 6.45) is 0. The van der Waals surface area contributed by atoms with Gasteiger partial charge in [-0.15, -0.1) is 0 Å². The number of benzene rings is 1. The van der Waals surface area contributed by atoms with Crippen molar-refractivity contribution < 1.29 is 9.72 Å². The third-order valence-electron chi connectivity index (χ3n) is 3.00. The maximum atomic E-state index is 12.2. The van der Waals surface area contributed by atoms with Gasteiger partial charge in [0.05, 0.1) is 11.0 Å². The molecular weight excluding hydrogens is 266 g/mol. The first kappa shape index (κ1) is 13.8. The van der Waals surface area contributed by atoms with Crippen molar-refractivity contribution in [3.05, 3.63) is 34.4 Å². The lowest BCUT2D eigenvalue weighted by atomic mass is 10.2. The first-order valence-electron chi connectivity index (χ1n) is 5.93. The van der Waals surface area contributed by atoms with Gasteiger partial charge >= 0.3 is 0 Å². The number of nitro benzene ring substituents is 1. The zero-order chi connectivity index (χ0) is 13.8. The minimum absolute atomic E-state index is 0.0129. The molecule has 0 aliphatic carbocycles. The SMILES string of the molecule is CN(C(=O)C1CSCCN1)c1ccc([N+](=O)[O-])cc1. The van der Waals surface area contributed by atoms with Gasteiger partial charge in [0.25, 0.3) is 5.69 Å². The Hall–Kier alpha value is -1.60. The Labute approximate surface area is 115 Å². The van der Waals surface area contributed by atoms with Crippen molar-refractivity contribution >= 4 is 29.0 Å². The smallest absolute Gasteiger partial charge is 0.269 e. The predicted octanol–water partition coefficient (Wildman–Crippen LogP) is 1.26.